The summed E-state index contributed by atoms with van der Waals surface area (Å²) in [7, 11) is 0. The molecule has 1 spiro atoms. The van der Waals surface area contributed by atoms with Crippen molar-refractivity contribution in [2.75, 3.05) is 0 Å². The van der Waals surface area contributed by atoms with E-state index in [4.69, 9.17) is 0 Å². The van der Waals surface area contributed by atoms with E-state index < -0.39 is 23.2 Å². The second-order valence-corrected chi connectivity index (χ2v) is 11.2. The molecule has 2 aromatic carbocycles. The van der Waals surface area contributed by atoms with Crippen molar-refractivity contribution in [2.45, 2.75) is 27.0 Å². The molecule has 0 nitrogen and oxygen atoms in total. The van der Waals surface area contributed by atoms with E-state index in [0.29, 0.717) is 3.12 Å². The molecule has 2 aliphatic carbocycles. The Morgan fingerprint density at radius 2 is 1.58 bits per heavy atom. The maximum atomic E-state index is 2.63. The Labute approximate surface area is 167 Å². The molecule has 24 heavy (non-hydrogen) atoms. The fourth-order valence-electron chi connectivity index (χ4n) is 4.68. The smallest absolute Gasteiger partial charge is 1.00 e. The van der Waals surface area contributed by atoms with E-state index in [-0.39, 0.29) is 24.8 Å². The van der Waals surface area contributed by atoms with Gasteiger partial charge in [0.1, 0.15) is 0 Å². The van der Waals surface area contributed by atoms with Gasteiger partial charge in [0.05, 0.1) is 0 Å². The van der Waals surface area contributed by atoms with Crippen LogP contribution in [0.5, 0.6) is 0 Å². The van der Waals surface area contributed by atoms with Crippen LogP contribution in [0.15, 0.2) is 60.2 Å². The van der Waals surface area contributed by atoms with E-state index in [9.17, 15) is 0 Å². The Morgan fingerprint density at radius 3 is 2.38 bits per heavy atom. The van der Waals surface area contributed by atoms with Gasteiger partial charge >= 0.3 is 144 Å². The number of benzene rings is 2. The van der Waals surface area contributed by atoms with Crippen LogP contribution in [0.1, 0.15) is 46.1 Å². The molecule has 1 aliphatic heterocycles. The summed E-state index contributed by atoms with van der Waals surface area (Å²) in [6.45, 7) is 4.65. The normalized spacial score (nSPS) is 24.9. The number of fused-ring (bicyclic) bond motifs is 5. The molecule has 0 radical (unpaired) electrons. The van der Waals surface area contributed by atoms with Gasteiger partial charge < -0.3 is 24.8 Å². The predicted molar refractivity (Wildman–Crippen MR) is 88.2 cm³/mol. The molecule has 120 valence electrons. The van der Waals surface area contributed by atoms with Gasteiger partial charge in [-0.25, -0.2) is 0 Å². The maximum absolute atomic E-state index is 2.63. The molecule has 0 N–H and O–H groups in total. The Morgan fingerprint density at radius 1 is 0.917 bits per heavy atom. The summed E-state index contributed by atoms with van der Waals surface area (Å²) in [6, 6.07) is 18.3. The van der Waals surface area contributed by atoms with Gasteiger partial charge in [0.25, 0.3) is 0 Å². The van der Waals surface area contributed by atoms with E-state index in [1.165, 1.54) is 23.1 Å². The first kappa shape index (κ1) is 18.2. The van der Waals surface area contributed by atoms with E-state index in [2.05, 4.69) is 68.5 Å². The SMILES string of the molecule is CC1=C[C]2(CC3=C(C)c4ccccc4[CH]3[Zr+2]2)c2ccccc21.[Cl-].[Cl-]. The third kappa shape index (κ3) is 2.28. The molecule has 2 atom stereocenters. The quantitative estimate of drug-likeness (QED) is 0.518. The summed E-state index contributed by atoms with van der Waals surface area (Å²) in [4.78, 5) is 0. The van der Waals surface area contributed by atoms with Crippen LogP contribution in [0.3, 0.4) is 0 Å². The van der Waals surface area contributed by atoms with Crippen LogP contribution >= 0.6 is 0 Å². The van der Waals surface area contributed by atoms with Gasteiger partial charge in [0.15, 0.2) is 0 Å². The van der Waals surface area contributed by atoms with Crippen molar-refractivity contribution in [1.29, 1.82) is 0 Å². The van der Waals surface area contributed by atoms with E-state index in [0.717, 1.165) is 3.63 Å². The molecule has 0 aromatic heterocycles. The summed E-state index contributed by atoms with van der Waals surface area (Å²) < 4.78 is 1.22. The first-order chi connectivity index (χ1) is 10.7. The molecule has 0 amide bonds. The molecule has 1 heterocycles. The fourth-order valence-corrected chi connectivity index (χ4v) is 10.5. The number of hydrogen-bond acceptors (Lipinski definition) is 0. The van der Waals surface area contributed by atoms with E-state index >= 15 is 0 Å². The molecule has 3 aliphatic rings. The number of halogens is 2. The van der Waals surface area contributed by atoms with Gasteiger partial charge in [-0.15, -0.1) is 0 Å². The van der Waals surface area contributed by atoms with Gasteiger partial charge in [0.2, 0.25) is 0 Å². The van der Waals surface area contributed by atoms with Gasteiger partial charge in [-0.2, -0.15) is 0 Å². The summed E-state index contributed by atoms with van der Waals surface area (Å²) in [5.41, 5.74) is 11.1. The zero-order chi connectivity index (χ0) is 14.9. The molecule has 5 rings (SSSR count). The molecule has 2 unspecified atom stereocenters. The third-order valence-electron chi connectivity index (χ3n) is 5.67. The molecular formula is C21H18Cl2Zr. The van der Waals surface area contributed by atoms with Crippen LogP contribution in [-0.4, -0.2) is 0 Å². The first-order valence-electron chi connectivity index (χ1n) is 8.06. The average molecular weight is 433 g/mol. The van der Waals surface area contributed by atoms with Crippen molar-refractivity contribution < 1.29 is 48.0 Å². The fraction of sp³-hybridized carbons (Fsp3) is 0.238. The molecule has 3 heteroatoms. The Balaban J connectivity index is 0.000000845. The van der Waals surface area contributed by atoms with Crippen LogP contribution in [0.2, 0.25) is 0 Å². The minimum atomic E-state index is -0.613. The Kier molecular flexibility index (Phi) is 4.75. The number of hydrogen-bond donors (Lipinski definition) is 0. The summed E-state index contributed by atoms with van der Waals surface area (Å²) in [5.74, 6) is 0. The second-order valence-electron chi connectivity index (χ2n) is 6.84. The zero-order valence-electron chi connectivity index (χ0n) is 13.7. The molecule has 2 aromatic rings. The van der Waals surface area contributed by atoms with Gasteiger partial charge in [-0.1, -0.05) is 0 Å². The third-order valence-corrected chi connectivity index (χ3v) is 10.7. The van der Waals surface area contributed by atoms with Crippen molar-refractivity contribution in [3.8, 4) is 0 Å². The van der Waals surface area contributed by atoms with Gasteiger partial charge in [-0.05, 0) is 0 Å². The number of allylic oxidation sites excluding steroid dienone is 4. The summed E-state index contributed by atoms with van der Waals surface area (Å²) in [5, 5.41) is 0. The summed E-state index contributed by atoms with van der Waals surface area (Å²) >= 11 is -0.613. The van der Waals surface area contributed by atoms with E-state index in [1.54, 1.807) is 22.3 Å². The monoisotopic (exact) mass is 430 g/mol. The van der Waals surface area contributed by atoms with Gasteiger partial charge in [0, 0.05) is 0 Å². The first-order valence-corrected chi connectivity index (χ1v) is 10.7. The van der Waals surface area contributed by atoms with Gasteiger partial charge in [-0.3, -0.25) is 0 Å². The average Bonchev–Trinajstić information content (AvgIpc) is 3.14. The Bertz CT molecular complexity index is 881. The topological polar surface area (TPSA) is 0 Å². The minimum Gasteiger partial charge on any atom is -1.00 e. The van der Waals surface area contributed by atoms with E-state index in [1.807, 2.05) is 0 Å². The van der Waals surface area contributed by atoms with Crippen molar-refractivity contribution in [1.82, 2.24) is 0 Å². The summed E-state index contributed by atoms with van der Waals surface area (Å²) in [6.07, 6.45) is 3.91. The molecule has 0 saturated carbocycles. The zero-order valence-corrected chi connectivity index (χ0v) is 17.7. The van der Waals surface area contributed by atoms with Crippen LogP contribution in [0.25, 0.3) is 11.1 Å². The van der Waals surface area contributed by atoms with Crippen molar-refractivity contribution in [2.24, 2.45) is 0 Å². The standard InChI is InChI=1S/C21H18.2ClH.Zr/c1-14-11-18(21-10-6-5-8-19(14)21)13-17-12-16-7-3-4-9-20(16)15(17)2;;;/h3-12H,13H2,1-2H3;2*1H;/q;;;+2/p-2. The predicted octanol–water partition coefficient (Wildman–Crippen LogP) is -0.679. The van der Waals surface area contributed by atoms with Crippen molar-refractivity contribution in [3.05, 3.63) is 82.4 Å². The largest absolute Gasteiger partial charge is 1.00 e. The molecular weight excluding hydrogens is 414 g/mol. The molecule has 1 saturated heterocycles. The molecule has 1 fully saturated rings. The second kappa shape index (κ2) is 6.28. The Hall–Kier alpha value is -0.617. The van der Waals surface area contributed by atoms with Crippen molar-refractivity contribution in [3.63, 3.8) is 0 Å². The van der Waals surface area contributed by atoms with Crippen LogP contribution in [-0.2, 0) is 26.4 Å². The maximum Gasteiger partial charge on any atom is -1.00 e. The van der Waals surface area contributed by atoms with Crippen LogP contribution in [0.4, 0.5) is 0 Å². The van der Waals surface area contributed by atoms with Crippen LogP contribution in [0, 0.1) is 0 Å². The minimum absolute atomic E-state index is 0. The number of rotatable bonds is 0. The molecule has 0 bridgehead atoms. The van der Waals surface area contributed by atoms with Crippen LogP contribution < -0.4 is 24.8 Å². The van der Waals surface area contributed by atoms with Crippen molar-refractivity contribution >= 4 is 11.1 Å².